The average molecular weight is 561 g/mol. The second-order valence-electron chi connectivity index (χ2n) is 10.6. The van der Waals surface area contributed by atoms with Crippen LogP contribution in [0.5, 0.6) is 0 Å². The van der Waals surface area contributed by atoms with Gasteiger partial charge in [0.25, 0.3) is 0 Å². The fourth-order valence-electron chi connectivity index (χ4n) is 4.70. The largest absolute Gasteiger partial charge is 0.480 e. The van der Waals surface area contributed by atoms with Crippen LogP contribution in [0.4, 0.5) is 0 Å². The normalized spacial score (nSPS) is 17.1. The number of likely N-dealkylation sites (tertiary alicyclic amines) is 1. The summed E-state index contributed by atoms with van der Waals surface area (Å²) in [4.78, 5) is 64.7. The number of benzene rings is 1. The molecule has 4 amide bonds. The minimum absolute atomic E-state index is 0.0966. The number of carbonyl (C=O) groups is 5. The molecule has 0 saturated carbocycles. The Hall–Kier alpha value is -3.51. The van der Waals surface area contributed by atoms with Gasteiger partial charge in [-0.2, -0.15) is 0 Å². The number of nitrogens with two attached hydrogens (primary N) is 2. The standard InChI is InChI=1S/C28H44N6O6/c1-18(2)15-21(33-25(36)20(30)11-6-7-13-29)27(38)34-14-8-12-23(34)26(37)31-17-24(35)32-22(28(39)40)16-19-9-4-3-5-10-19/h3-5,9-10,18,20-23H,6-8,11-17,29-30H2,1-2H3,(H,31,37)(H,32,35)(H,33,36)(H,39,40)/t20-,21-,22-,23-/m0/s1. The Kier molecular flexibility index (Phi) is 13.5. The van der Waals surface area contributed by atoms with Crippen LogP contribution in [0.15, 0.2) is 30.3 Å². The predicted molar refractivity (Wildman–Crippen MR) is 150 cm³/mol. The van der Waals surface area contributed by atoms with E-state index in [2.05, 4.69) is 16.0 Å². The lowest BCUT2D eigenvalue weighted by atomic mass is 10.0. The molecule has 1 fully saturated rings. The maximum atomic E-state index is 13.5. The van der Waals surface area contributed by atoms with E-state index < -0.39 is 54.4 Å². The van der Waals surface area contributed by atoms with Gasteiger partial charge < -0.3 is 37.4 Å². The molecule has 0 bridgehead atoms. The number of aliphatic carboxylic acids is 1. The van der Waals surface area contributed by atoms with Crippen LogP contribution in [0.2, 0.25) is 0 Å². The van der Waals surface area contributed by atoms with E-state index in [-0.39, 0.29) is 18.2 Å². The second-order valence-corrected chi connectivity index (χ2v) is 10.6. The number of nitrogens with one attached hydrogen (secondary N) is 3. The lowest BCUT2D eigenvalue weighted by molar-refractivity contribution is -0.142. The molecular formula is C28H44N6O6. The monoisotopic (exact) mass is 560 g/mol. The number of carboxylic acid groups (broad SMARTS) is 1. The summed E-state index contributed by atoms with van der Waals surface area (Å²) in [5.41, 5.74) is 12.3. The fourth-order valence-corrected chi connectivity index (χ4v) is 4.70. The van der Waals surface area contributed by atoms with Crippen molar-refractivity contribution >= 4 is 29.6 Å². The number of amides is 4. The molecule has 0 unspecified atom stereocenters. The zero-order valence-corrected chi connectivity index (χ0v) is 23.4. The minimum Gasteiger partial charge on any atom is -0.480 e. The van der Waals surface area contributed by atoms with Crippen molar-refractivity contribution in [3.63, 3.8) is 0 Å². The van der Waals surface area contributed by atoms with E-state index in [1.807, 2.05) is 19.9 Å². The number of carboxylic acids is 1. The fraction of sp³-hybridized carbons (Fsp3) is 0.607. The molecule has 8 N–H and O–H groups in total. The SMILES string of the molecule is CC(C)C[C@H](NC(=O)[C@@H](N)CCCCN)C(=O)N1CCC[C@H]1C(=O)NCC(=O)N[C@@H](Cc1ccccc1)C(=O)O. The summed E-state index contributed by atoms with van der Waals surface area (Å²) in [6.07, 6.45) is 3.39. The Bertz CT molecular complexity index is 1000. The van der Waals surface area contributed by atoms with E-state index in [9.17, 15) is 29.1 Å². The van der Waals surface area contributed by atoms with Gasteiger partial charge in [-0.05, 0) is 50.1 Å². The Morgan fingerprint density at radius 2 is 1.75 bits per heavy atom. The molecule has 1 heterocycles. The molecule has 12 nitrogen and oxygen atoms in total. The van der Waals surface area contributed by atoms with Crippen LogP contribution in [0.25, 0.3) is 0 Å². The molecule has 1 aliphatic heterocycles. The zero-order chi connectivity index (χ0) is 29.7. The van der Waals surface area contributed by atoms with Gasteiger partial charge in [0.2, 0.25) is 23.6 Å². The number of hydrogen-bond acceptors (Lipinski definition) is 7. The van der Waals surface area contributed by atoms with Crippen LogP contribution in [0.1, 0.15) is 57.9 Å². The van der Waals surface area contributed by atoms with Crippen molar-refractivity contribution in [3.8, 4) is 0 Å². The van der Waals surface area contributed by atoms with Gasteiger partial charge in [-0.25, -0.2) is 4.79 Å². The van der Waals surface area contributed by atoms with E-state index in [4.69, 9.17) is 11.5 Å². The van der Waals surface area contributed by atoms with Gasteiger partial charge >= 0.3 is 5.97 Å². The molecule has 222 valence electrons. The topological polar surface area (TPSA) is 197 Å². The smallest absolute Gasteiger partial charge is 0.326 e. The molecule has 4 atom stereocenters. The highest BCUT2D eigenvalue weighted by Gasteiger charge is 2.38. The minimum atomic E-state index is -1.19. The van der Waals surface area contributed by atoms with Crippen molar-refractivity contribution in [3.05, 3.63) is 35.9 Å². The van der Waals surface area contributed by atoms with Crippen molar-refractivity contribution in [2.45, 2.75) is 83.0 Å². The van der Waals surface area contributed by atoms with E-state index in [1.54, 1.807) is 24.3 Å². The molecule has 1 saturated heterocycles. The Morgan fingerprint density at radius 3 is 2.38 bits per heavy atom. The van der Waals surface area contributed by atoms with Gasteiger partial charge in [-0.15, -0.1) is 0 Å². The third kappa shape index (κ3) is 10.6. The maximum absolute atomic E-state index is 13.5. The van der Waals surface area contributed by atoms with E-state index >= 15 is 0 Å². The molecular weight excluding hydrogens is 516 g/mol. The molecule has 0 spiro atoms. The van der Waals surface area contributed by atoms with Gasteiger partial charge in [-0.1, -0.05) is 50.6 Å². The van der Waals surface area contributed by atoms with Gasteiger partial charge in [0.15, 0.2) is 0 Å². The van der Waals surface area contributed by atoms with Gasteiger partial charge in [-0.3, -0.25) is 19.2 Å². The van der Waals surface area contributed by atoms with Crippen LogP contribution in [0.3, 0.4) is 0 Å². The lowest BCUT2D eigenvalue weighted by Gasteiger charge is -2.30. The summed E-state index contributed by atoms with van der Waals surface area (Å²) in [5, 5.41) is 17.2. The summed E-state index contributed by atoms with van der Waals surface area (Å²) < 4.78 is 0. The molecule has 1 aromatic rings. The third-order valence-electron chi connectivity index (χ3n) is 6.81. The number of nitrogens with zero attached hydrogens (tertiary/aromatic N) is 1. The van der Waals surface area contributed by atoms with E-state index in [1.165, 1.54) is 4.90 Å². The van der Waals surface area contributed by atoms with Crippen molar-refractivity contribution < 1.29 is 29.1 Å². The van der Waals surface area contributed by atoms with Gasteiger partial charge in [0.05, 0.1) is 12.6 Å². The quantitative estimate of drug-likeness (QED) is 0.151. The highest BCUT2D eigenvalue weighted by atomic mass is 16.4. The highest BCUT2D eigenvalue weighted by Crippen LogP contribution is 2.20. The third-order valence-corrected chi connectivity index (χ3v) is 6.81. The van der Waals surface area contributed by atoms with Crippen LogP contribution in [-0.2, 0) is 30.4 Å². The second kappa shape index (κ2) is 16.6. The van der Waals surface area contributed by atoms with Gasteiger partial charge in [0, 0.05) is 13.0 Å². The first kappa shape index (κ1) is 32.7. The van der Waals surface area contributed by atoms with Crippen LogP contribution >= 0.6 is 0 Å². The first-order valence-corrected chi connectivity index (χ1v) is 13.9. The maximum Gasteiger partial charge on any atom is 0.326 e. The van der Waals surface area contributed by atoms with Crippen LogP contribution in [-0.4, -0.2) is 83.4 Å². The Morgan fingerprint density at radius 1 is 1.05 bits per heavy atom. The van der Waals surface area contributed by atoms with E-state index in [0.29, 0.717) is 45.2 Å². The molecule has 0 aliphatic carbocycles. The first-order chi connectivity index (χ1) is 19.0. The summed E-state index contributed by atoms with van der Waals surface area (Å²) in [7, 11) is 0. The number of rotatable bonds is 16. The molecule has 1 aliphatic rings. The highest BCUT2D eigenvalue weighted by molar-refractivity contribution is 5.94. The van der Waals surface area contributed by atoms with Crippen molar-refractivity contribution in [1.29, 1.82) is 0 Å². The molecule has 0 radical (unpaired) electrons. The van der Waals surface area contributed by atoms with Gasteiger partial charge in [0.1, 0.15) is 18.1 Å². The first-order valence-electron chi connectivity index (χ1n) is 13.9. The predicted octanol–water partition coefficient (Wildman–Crippen LogP) is -0.107. The molecule has 1 aromatic carbocycles. The summed E-state index contributed by atoms with van der Waals surface area (Å²) in [5.74, 6) is -3.04. The Labute approximate surface area is 235 Å². The van der Waals surface area contributed by atoms with Crippen molar-refractivity contribution in [2.75, 3.05) is 19.6 Å². The number of unbranched alkanes of at least 4 members (excludes halogenated alkanes) is 1. The average Bonchev–Trinajstić information content (AvgIpc) is 3.41. The molecule has 12 heteroatoms. The molecule has 2 rings (SSSR count). The summed E-state index contributed by atoms with van der Waals surface area (Å²) in [6, 6.07) is 5.34. The van der Waals surface area contributed by atoms with Crippen LogP contribution < -0.4 is 27.4 Å². The van der Waals surface area contributed by atoms with Crippen molar-refractivity contribution in [1.82, 2.24) is 20.9 Å². The summed E-state index contributed by atoms with van der Waals surface area (Å²) in [6.45, 7) is 4.29. The molecule has 40 heavy (non-hydrogen) atoms. The lowest BCUT2D eigenvalue weighted by Crippen LogP contribution is -2.56. The molecule has 0 aromatic heterocycles. The number of carbonyl (C=O) groups excluding carboxylic acids is 4. The van der Waals surface area contributed by atoms with E-state index in [0.717, 1.165) is 12.0 Å². The summed E-state index contributed by atoms with van der Waals surface area (Å²) >= 11 is 0. The van der Waals surface area contributed by atoms with Crippen LogP contribution in [0, 0.1) is 5.92 Å². The number of hydrogen-bond donors (Lipinski definition) is 6. The Balaban J connectivity index is 1.96. The zero-order valence-electron chi connectivity index (χ0n) is 23.4. The van der Waals surface area contributed by atoms with Crippen molar-refractivity contribution in [2.24, 2.45) is 17.4 Å².